The third kappa shape index (κ3) is 6.78. The molecule has 3 aromatic rings. The number of ether oxygens (including phenoxy) is 4. The van der Waals surface area contributed by atoms with Gasteiger partial charge in [-0.25, -0.2) is 0 Å². The number of rotatable bonds is 10. The SMILES string of the molecule is COc1ccc(CNC(=O)/C(C#N)=C/c2cc(Br)c(OCc3ccccc3)c(OC)c2)c(OC)c1. The van der Waals surface area contributed by atoms with Gasteiger partial charge in [0.2, 0.25) is 0 Å². The molecule has 7 nitrogen and oxygen atoms in total. The van der Waals surface area contributed by atoms with Gasteiger partial charge in [0.25, 0.3) is 5.91 Å². The summed E-state index contributed by atoms with van der Waals surface area (Å²) < 4.78 is 22.6. The first-order valence-corrected chi connectivity index (χ1v) is 11.4. The molecule has 0 fully saturated rings. The Balaban J connectivity index is 1.75. The van der Waals surface area contributed by atoms with E-state index in [1.165, 1.54) is 13.2 Å². The molecular weight excluding hydrogens is 512 g/mol. The fourth-order valence-corrected chi connectivity index (χ4v) is 3.85. The van der Waals surface area contributed by atoms with Gasteiger partial charge in [-0.15, -0.1) is 0 Å². The highest BCUT2D eigenvalue weighted by atomic mass is 79.9. The van der Waals surface area contributed by atoms with Crippen LogP contribution in [-0.2, 0) is 17.9 Å². The van der Waals surface area contributed by atoms with E-state index in [1.54, 1.807) is 44.6 Å². The maximum Gasteiger partial charge on any atom is 0.262 e. The minimum Gasteiger partial charge on any atom is -0.497 e. The van der Waals surface area contributed by atoms with Gasteiger partial charge < -0.3 is 24.3 Å². The molecule has 35 heavy (non-hydrogen) atoms. The predicted octanol–water partition coefficient (Wildman–Crippen LogP) is 5.28. The van der Waals surface area contributed by atoms with Gasteiger partial charge in [-0.2, -0.15) is 5.26 Å². The van der Waals surface area contributed by atoms with Crippen molar-refractivity contribution in [1.82, 2.24) is 5.32 Å². The van der Waals surface area contributed by atoms with Crippen molar-refractivity contribution < 1.29 is 23.7 Å². The summed E-state index contributed by atoms with van der Waals surface area (Å²) in [5, 5.41) is 12.4. The molecule has 3 aromatic carbocycles. The molecule has 1 amide bonds. The molecule has 0 unspecified atom stereocenters. The first-order valence-electron chi connectivity index (χ1n) is 10.6. The van der Waals surface area contributed by atoms with Crippen LogP contribution < -0.4 is 24.3 Å². The number of amides is 1. The highest BCUT2D eigenvalue weighted by molar-refractivity contribution is 9.10. The summed E-state index contributed by atoms with van der Waals surface area (Å²) in [4.78, 5) is 12.7. The number of carbonyl (C=O) groups is 1. The number of hydrogen-bond acceptors (Lipinski definition) is 6. The van der Waals surface area contributed by atoms with Crippen molar-refractivity contribution in [2.45, 2.75) is 13.2 Å². The normalized spacial score (nSPS) is 10.8. The van der Waals surface area contributed by atoms with Gasteiger partial charge in [0.05, 0.1) is 25.8 Å². The first kappa shape index (κ1) is 25.7. The van der Waals surface area contributed by atoms with Crippen molar-refractivity contribution in [1.29, 1.82) is 5.26 Å². The molecular formula is C27H25BrN2O5. The standard InChI is InChI=1S/C27H25BrN2O5/c1-32-22-10-9-20(24(14-22)33-2)16-30-27(31)21(15-29)11-19-12-23(28)26(25(13-19)34-3)35-17-18-7-5-4-6-8-18/h4-14H,16-17H2,1-3H3,(H,30,31)/b21-11+. The number of benzene rings is 3. The number of methoxy groups -OCH3 is 3. The maximum absolute atomic E-state index is 12.7. The second-order valence-electron chi connectivity index (χ2n) is 7.34. The molecule has 0 heterocycles. The first-order chi connectivity index (χ1) is 17.0. The van der Waals surface area contributed by atoms with E-state index >= 15 is 0 Å². The zero-order valence-electron chi connectivity index (χ0n) is 19.6. The average molecular weight is 537 g/mol. The van der Waals surface area contributed by atoms with E-state index in [1.807, 2.05) is 36.4 Å². The summed E-state index contributed by atoms with van der Waals surface area (Å²) in [5.74, 6) is 1.72. The van der Waals surface area contributed by atoms with Gasteiger partial charge in [0.1, 0.15) is 29.7 Å². The zero-order valence-corrected chi connectivity index (χ0v) is 21.2. The summed E-state index contributed by atoms with van der Waals surface area (Å²) in [7, 11) is 4.64. The summed E-state index contributed by atoms with van der Waals surface area (Å²) >= 11 is 3.51. The van der Waals surface area contributed by atoms with Crippen LogP contribution in [0.5, 0.6) is 23.0 Å². The number of nitrogens with zero attached hydrogens (tertiary/aromatic N) is 1. The topological polar surface area (TPSA) is 89.8 Å². The van der Waals surface area contributed by atoms with Crippen LogP contribution in [0.3, 0.4) is 0 Å². The Bertz CT molecular complexity index is 1250. The predicted molar refractivity (Wildman–Crippen MR) is 136 cm³/mol. The largest absolute Gasteiger partial charge is 0.497 e. The van der Waals surface area contributed by atoms with Crippen molar-refractivity contribution in [3.63, 3.8) is 0 Å². The number of nitrogens with one attached hydrogen (secondary N) is 1. The summed E-state index contributed by atoms with van der Waals surface area (Å²) in [6.07, 6.45) is 1.49. The lowest BCUT2D eigenvalue weighted by Gasteiger charge is -2.14. The quantitative estimate of drug-likeness (QED) is 0.280. The van der Waals surface area contributed by atoms with Crippen LogP contribution in [0, 0.1) is 11.3 Å². The third-order valence-electron chi connectivity index (χ3n) is 5.09. The van der Waals surface area contributed by atoms with Gasteiger partial charge in [0, 0.05) is 18.2 Å². The van der Waals surface area contributed by atoms with E-state index in [9.17, 15) is 10.1 Å². The van der Waals surface area contributed by atoms with Crippen LogP contribution in [0.1, 0.15) is 16.7 Å². The minimum absolute atomic E-state index is 0.0515. The van der Waals surface area contributed by atoms with Crippen molar-refractivity contribution in [2.75, 3.05) is 21.3 Å². The highest BCUT2D eigenvalue weighted by Crippen LogP contribution is 2.37. The van der Waals surface area contributed by atoms with E-state index in [4.69, 9.17) is 18.9 Å². The number of halogens is 1. The lowest BCUT2D eigenvalue weighted by molar-refractivity contribution is -0.117. The molecule has 8 heteroatoms. The molecule has 0 aliphatic carbocycles. The minimum atomic E-state index is -0.509. The van der Waals surface area contributed by atoms with E-state index < -0.39 is 5.91 Å². The number of nitriles is 1. The Morgan fingerprint density at radius 3 is 2.40 bits per heavy atom. The Labute approximate surface area is 213 Å². The van der Waals surface area contributed by atoms with E-state index in [0.717, 1.165) is 11.1 Å². The molecule has 0 atom stereocenters. The Hall–Kier alpha value is -3.96. The Morgan fingerprint density at radius 1 is 1.00 bits per heavy atom. The monoisotopic (exact) mass is 536 g/mol. The highest BCUT2D eigenvalue weighted by Gasteiger charge is 2.15. The van der Waals surface area contributed by atoms with Crippen molar-refractivity contribution >= 4 is 27.9 Å². The molecule has 0 radical (unpaired) electrons. The molecule has 0 aliphatic rings. The number of hydrogen-bond donors (Lipinski definition) is 1. The summed E-state index contributed by atoms with van der Waals surface area (Å²) in [5.41, 5.74) is 2.32. The molecule has 3 rings (SSSR count). The van der Waals surface area contributed by atoms with Crippen molar-refractivity contribution in [3.8, 4) is 29.1 Å². The molecule has 0 aromatic heterocycles. The average Bonchev–Trinajstić information content (AvgIpc) is 2.89. The van der Waals surface area contributed by atoms with E-state index in [-0.39, 0.29) is 12.1 Å². The van der Waals surface area contributed by atoms with Gasteiger partial charge in [-0.1, -0.05) is 30.3 Å². The maximum atomic E-state index is 12.7. The van der Waals surface area contributed by atoms with Crippen molar-refractivity contribution in [2.24, 2.45) is 0 Å². The van der Waals surface area contributed by atoms with Crippen LogP contribution in [0.15, 0.2) is 70.7 Å². The van der Waals surface area contributed by atoms with Crippen molar-refractivity contribution in [3.05, 3.63) is 87.4 Å². The molecule has 180 valence electrons. The molecule has 1 N–H and O–H groups in total. The van der Waals surface area contributed by atoms with Gasteiger partial charge in [-0.05, 0) is 57.4 Å². The van der Waals surface area contributed by atoms with Gasteiger partial charge in [0.15, 0.2) is 11.5 Å². The molecule has 0 aliphatic heterocycles. The van der Waals surface area contributed by atoms with E-state index in [0.29, 0.717) is 39.6 Å². The zero-order chi connectivity index (χ0) is 25.2. The summed E-state index contributed by atoms with van der Waals surface area (Å²) in [6, 6.07) is 20.5. The van der Waals surface area contributed by atoms with Crippen LogP contribution in [0.25, 0.3) is 6.08 Å². The van der Waals surface area contributed by atoms with Crippen LogP contribution in [0.4, 0.5) is 0 Å². The molecule has 0 saturated heterocycles. The Kier molecular flexibility index (Phi) is 9.16. The fraction of sp³-hybridized carbons (Fsp3) is 0.185. The van der Waals surface area contributed by atoms with Crippen LogP contribution >= 0.6 is 15.9 Å². The lowest BCUT2D eigenvalue weighted by Crippen LogP contribution is -2.24. The van der Waals surface area contributed by atoms with Crippen LogP contribution in [0.2, 0.25) is 0 Å². The number of carbonyl (C=O) groups excluding carboxylic acids is 1. The molecule has 0 saturated carbocycles. The molecule has 0 spiro atoms. The van der Waals surface area contributed by atoms with Gasteiger partial charge in [-0.3, -0.25) is 4.79 Å². The smallest absolute Gasteiger partial charge is 0.262 e. The molecule has 0 bridgehead atoms. The second kappa shape index (κ2) is 12.5. The van der Waals surface area contributed by atoms with E-state index in [2.05, 4.69) is 21.2 Å². The second-order valence-corrected chi connectivity index (χ2v) is 8.19. The third-order valence-corrected chi connectivity index (χ3v) is 5.68. The van der Waals surface area contributed by atoms with Gasteiger partial charge >= 0.3 is 0 Å². The van der Waals surface area contributed by atoms with Crippen LogP contribution in [-0.4, -0.2) is 27.2 Å². The lowest BCUT2D eigenvalue weighted by atomic mass is 10.1. The Morgan fingerprint density at radius 2 is 1.74 bits per heavy atom. The fourth-order valence-electron chi connectivity index (χ4n) is 3.28. The summed E-state index contributed by atoms with van der Waals surface area (Å²) in [6.45, 7) is 0.552.